The van der Waals surface area contributed by atoms with Gasteiger partial charge >= 0.3 is 0 Å². The average molecular weight is 311 g/mol. The largest absolute Gasteiger partial charge is 0.383 e. The molecule has 0 N–H and O–H groups in total. The van der Waals surface area contributed by atoms with Crippen molar-refractivity contribution in [3.63, 3.8) is 0 Å². The van der Waals surface area contributed by atoms with Crippen molar-refractivity contribution < 1.29 is 9.53 Å². The number of piperidine rings is 1. The molecule has 0 radical (unpaired) electrons. The van der Waals surface area contributed by atoms with Gasteiger partial charge in [-0.1, -0.05) is 6.92 Å². The Labute approximate surface area is 135 Å². The van der Waals surface area contributed by atoms with Crippen LogP contribution in [0.4, 0.5) is 0 Å². The molecule has 5 nitrogen and oxygen atoms in total. The summed E-state index contributed by atoms with van der Waals surface area (Å²) in [6.45, 7) is 12.5. The predicted molar refractivity (Wildman–Crippen MR) is 88.9 cm³/mol. The zero-order chi connectivity index (χ0) is 15.9. The molecule has 0 aromatic heterocycles. The van der Waals surface area contributed by atoms with Gasteiger partial charge in [-0.2, -0.15) is 0 Å². The van der Waals surface area contributed by atoms with E-state index in [1.165, 1.54) is 38.9 Å². The summed E-state index contributed by atoms with van der Waals surface area (Å²) in [5, 5.41) is 0. The van der Waals surface area contributed by atoms with Crippen LogP contribution in [-0.2, 0) is 9.53 Å². The number of likely N-dealkylation sites (tertiary alicyclic amines) is 1. The van der Waals surface area contributed by atoms with Crippen molar-refractivity contribution in [1.82, 2.24) is 14.7 Å². The molecular weight excluding hydrogens is 278 g/mol. The number of piperazine rings is 1. The molecule has 0 bridgehead atoms. The predicted octanol–water partition coefficient (Wildman–Crippen LogP) is 1.29. The fourth-order valence-corrected chi connectivity index (χ4v) is 3.81. The third-order valence-electron chi connectivity index (χ3n) is 5.32. The Balaban J connectivity index is 1.74. The summed E-state index contributed by atoms with van der Waals surface area (Å²) in [6.07, 6.45) is 3.55. The molecule has 1 amide bonds. The first-order chi connectivity index (χ1) is 10.6. The number of nitrogens with zero attached hydrogens (tertiary/aromatic N) is 3. The Kier molecular flexibility index (Phi) is 7.12. The number of hydrogen-bond acceptors (Lipinski definition) is 4. The standard InChI is InChI=1S/C17H33N3O2/c1-4-17-14-18(9-10-20(17)11-12-22-3)13-16-5-7-19(8-6-16)15(2)21/h16-17H,4-14H2,1-3H3. The molecule has 0 aliphatic carbocycles. The minimum atomic E-state index is 0.233. The fourth-order valence-electron chi connectivity index (χ4n) is 3.81. The maximum absolute atomic E-state index is 11.4. The molecule has 5 heteroatoms. The van der Waals surface area contributed by atoms with Gasteiger partial charge in [-0.25, -0.2) is 0 Å². The van der Waals surface area contributed by atoms with E-state index in [4.69, 9.17) is 4.74 Å². The maximum atomic E-state index is 11.4. The molecule has 22 heavy (non-hydrogen) atoms. The zero-order valence-corrected chi connectivity index (χ0v) is 14.6. The van der Waals surface area contributed by atoms with Crippen molar-refractivity contribution >= 4 is 5.91 Å². The van der Waals surface area contributed by atoms with Gasteiger partial charge in [-0.3, -0.25) is 9.69 Å². The van der Waals surface area contributed by atoms with Crippen molar-refractivity contribution in [3.05, 3.63) is 0 Å². The zero-order valence-electron chi connectivity index (χ0n) is 14.6. The lowest BCUT2D eigenvalue weighted by Gasteiger charge is -2.43. The minimum absolute atomic E-state index is 0.233. The highest BCUT2D eigenvalue weighted by Crippen LogP contribution is 2.21. The molecule has 2 heterocycles. The van der Waals surface area contributed by atoms with Crippen LogP contribution in [0.5, 0.6) is 0 Å². The first kappa shape index (κ1) is 17.7. The van der Waals surface area contributed by atoms with Gasteiger partial charge in [0, 0.05) is 65.9 Å². The Hall–Kier alpha value is -0.650. The quantitative estimate of drug-likeness (QED) is 0.740. The Morgan fingerprint density at radius 3 is 2.50 bits per heavy atom. The summed E-state index contributed by atoms with van der Waals surface area (Å²) in [5.74, 6) is 0.995. The smallest absolute Gasteiger partial charge is 0.219 e. The lowest BCUT2D eigenvalue weighted by atomic mass is 9.95. The molecule has 2 fully saturated rings. The van der Waals surface area contributed by atoms with Crippen LogP contribution in [0, 0.1) is 5.92 Å². The highest BCUT2D eigenvalue weighted by Gasteiger charge is 2.28. The molecular formula is C17H33N3O2. The highest BCUT2D eigenvalue weighted by atomic mass is 16.5. The summed E-state index contributed by atoms with van der Waals surface area (Å²) in [6, 6.07) is 0.668. The van der Waals surface area contributed by atoms with E-state index in [1.807, 2.05) is 4.90 Å². The minimum Gasteiger partial charge on any atom is -0.383 e. The molecule has 2 saturated heterocycles. The number of carbonyl (C=O) groups excluding carboxylic acids is 1. The number of carbonyl (C=O) groups is 1. The number of ether oxygens (including phenoxy) is 1. The first-order valence-electron chi connectivity index (χ1n) is 8.84. The van der Waals surface area contributed by atoms with E-state index in [-0.39, 0.29) is 5.91 Å². The summed E-state index contributed by atoms with van der Waals surface area (Å²) in [5.41, 5.74) is 0. The Morgan fingerprint density at radius 2 is 1.91 bits per heavy atom. The molecule has 0 aromatic carbocycles. The molecule has 2 rings (SSSR count). The summed E-state index contributed by atoms with van der Waals surface area (Å²) in [4.78, 5) is 18.6. The van der Waals surface area contributed by atoms with E-state index in [0.717, 1.165) is 38.7 Å². The molecule has 0 saturated carbocycles. The van der Waals surface area contributed by atoms with Gasteiger partial charge in [0.15, 0.2) is 0 Å². The van der Waals surface area contributed by atoms with Gasteiger partial charge in [0.05, 0.1) is 6.61 Å². The molecule has 0 spiro atoms. The van der Waals surface area contributed by atoms with Gasteiger partial charge in [-0.05, 0) is 25.2 Å². The van der Waals surface area contributed by atoms with Crippen LogP contribution in [-0.4, -0.2) is 86.2 Å². The Morgan fingerprint density at radius 1 is 1.18 bits per heavy atom. The summed E-state index contributed by atoms with van der Waals surface area (Å²) >= 11 is 0. The van der Waals surface area contributed by atoms with Crippen LogP contribution >= 0.6 is 0 Å². The van der Waals surface area contributed by atoms with Gasteiger partial charge in [0.2, 0.25) is 5.91 Å². The van der Waals surface area contributed by atoms with E-state index in [9.17, 15) is 4.79 Å². The van der Waals surface area contributed by atoms with E-state index < -0.39 is 0 Å². The maximum Gasteiger partial charge on any atom is 0.219 e. The lowest BCUT2D eigenvalue weighted by molar-refractivity contribution is -0.130. The van der Waals surface area contributed by atoms with E-state index >= 15 is 0 Å². The number of amides is 1. The van der Waals surface area contributed by atoms with Crippen molar-refractivity contribution in [2.75, 3.05) is 59.5 Å². The van der Waals surface area contributed by atoms with Crippen LogP contribution in [0.3, 0.4) is 0 Å². The lowest BCUT2D eigenvalue weighted by Crippen LogP contribution is -2.54. The second kappa shape index (κ2) is 8.85. The SMILES string of the molecule is CCC1CN(CC2CCN(C(C)=O)CC2)CCN1CCOC. The second-order valence-electron chi connectivity index (χ2n) is 6.80. The van der Waals surface area contributed by atoms with Gasteiger partial charge in [0.25, 0.3) is 0 Å². The van der Waals surface area contributed by atoms with E-state index in [0.29, 0.717) is 6.04 Å². The van der Waals surface area contributed by atoms with Crippen molar-refractivity contribution in [3.8, 4) is 0 Å². The second-order valence-corrected chi connectivity index (χ2v) is 6.80. The molecule has 1 atom stereocenters. The number of methoxy groups -OCH3 is 1. The van der Waals surface area contributed by atoms with E-state index in [2.05, 4.69) is 16.7 Å². The van der Waals surface area contributed by atoms with Crippen LogP contribution in [0.1, 0.15) is 33.1 Å². The van der Waals surface area contributed by atoms with Crippen molar-refractivity contribution in [2.45, 2.75) is 39.2 Å². The topological polar surface area (TPSA) is 36.0 Å². The molecule has 1 unspecified atom stereocenters. The normalized spacial score (nSPS) is 25.6. The van der Waals surface area contributed by atoms with Crippen LogP contribution < -0.4 is 0 Å². The van der Waals surface area contributed by atoms with Crippen LogP contribution in [0.15, 0.2) is 0 Å². The average Bonchev–Trinajstić information content (AvgIpc) is 2.54. The van der Waals surface area contributed by atoms with Gasteiger partial charge in [0.1, 0.15) is 0 Å². The molecule has 128 valence electrons. The fraction of sp³-hybridized carbons (Fsp3) is 0.941. The third kappa shape index (κ3) is 4.93. The summed E-state index contributed by atoms with van der Waals surface area (Å²) < 4.78 is 5.23. The highest BCUT2D eigenvalue weighted by molar-refractivity contribution is 5.73. The number of hydrogen-bond donors (Lipinski definition) is 0. The van der Waals surface area contributed by atoms with E-state index in [1.54, 1.807) is 14.0 Å². The molecule has 2 aliphatic rings. The van der Waals surface area contributed by atoms with Gasteiger partial charge < -0.3 is 14.5 Å². The van der Waals surface area contributed by atoms with Crippen LogP contribution in [0.25, 0.3) is 0 Å². The molecule has 0 aromatic rings. The van der Waals surface area contributed by atoms with Crippen molar-refractivity contribution in [1.29, 1.82) is 0 Å². The Bertz CT molecular complexity index is 343. The first-order valence-corrected chi connectivity index (χ1v) is 8.84. The number of rotatable bonds is 6. The van der Waals surface area contributed by atoms with Gasteiger partial charge in [-0.15, -0.1) is 0 Å². The van der Waals surface area contributed by atoms with Crippen LogP contribution in [0.2, 0.25) is 0 Å². The van der Waals surface area contributed by atoms with Crippen molar-refractivity contribution in [2.24, 2.45) is 5.92 Å². The third-order valence-corrected chi connectivity index (χ3v) is 5.32. The molecule has 2 aliphatic heterocycles. The monoisotopic (exact) mass is 311 g/mol. The summed E-state index contributed by atoms with van der Waals surface area (Å²) in [7, 11) is 1.78.